The van der Waals surface area contributed by atoms with Crippen LogP contribution in [0, 0.1) is 13.8 Å². The predicted molar refractivity (Wildman–Crippen MR) is 94.1 cm³/mol. The number of ether oxygens (including phenoxy) is 1. The number of carbonyl (C=O) groups is 1. The van der Waals surface area contributed by atoms with Gasteiger partial charge in [-0.15, -0.1) is 11.3 Å². The molecule has 0 aromatic carbocycles. The molecule has 24 heavy (non-hydrogen) atoms. The highest BCUT2D eigenvalue weighted by Gasteiger charge is 2.06. The standard InChI is InChI=1S/C18H16N2O3S/c1-12-8-9-24-15(12)6-7-18(22)23-11-14-10-17(21)20-13(2)4-3-5-16(20)19-14/h3-10H,11H2,1-2H3/b7-6+. The van der Waals surface area contributed by atoms with E-state index in [-0.39, 0.29) is 12.2 Å². The van der Waals surface area contributed by atoms with Gasteiger partial charge in [-0.3, -0.25) is 9.20 Å². The minimum Gasteiger partial charge on any atom is -0.456 e. The van der Waals surface area contributed by atoms with Crippen molar-refractivity contribution in [2.24, 2.45) is 0 Å². The molecule has 0 aliphatic rings. The zero-order valence-electron chi connectivity index (χ0n) is 13.4. The highest BCUT2D eigenvalue weighted by Crippen LogP contribution is 2.17. The average Bonchev–Trinajstić information content (AvgIpc) is 2.96. The Morgan fingerprint density at radius 2 is 2.17 bits per heavy atom. The summed E-state index contributed by atoms with van der Waals surface area (Å²) < 4.78 is 6.69. The lowest BCUT2D eigenvalue weighted by Crippen LogP contribution is -2.18. The largest absolute Gasteiger partial charge is 0.456 e. The van der Waals surface area contributed by atoms with E-state index >= 15 is 0 Å². The van der Waals surface area contributed by atoms with E-state index in [1.807, 2.05) is 37.4 Å². The number of nitrogens with zero attached hydrogens (tertiary/aromatic N) is 2. The molecule has 0 radical (unpaired) electrons. The minimum absolute atomic E-state index is 0.0354. The van der Waals surface area contributed by atoms with Crippen LogP contribution in [0.15, 0.2) is 46.6 Å². The van der Waals surface area contributed by atoms with Crippen LogP contribution in [0.1, 0.15) is 21.8 Å². The average molecular weight is 340 g/mol. The van der Waals surface area contributed by atoms with Crippen LogP contribution in [-0.2, 0) is 16.1 Å². The van der Waals surface area contributed by atoms with Crippen molar-refractivity contribution in [3.8, 4) is 0 Å². The third-order valence-corrected chi connectivity index (χ3v) is 4.55. The maximum Gasteiger partial charge on any atom is 0.331 e. The van der Waals surface area contributed by atoms with Crippen molar-refractivity contribution in [3.63, 3.8) is 0 Å². The Bertz CT molecular complexity index is 985. The molecule has 0 atom stereocenters. The molecule has 0 N–H and O–H groups in total. The van der Waals surface area contributed by atoms with Crippen LogP contribution < -0.4 is 5.56 Å². The molecule has 3 aromatic heterocycles. The van der Waals surface area contributed by atoms with Gasteiger partial charge in [0.15, 0.2) is 0 Å². The van der Waals surface area contributed by atoms with E-state index in [1.165, 1.54) is 16.5 Å². The van der Waals surface area contributed by atoms with Crippen molar-refractivity contribution in [2.45, 2.75) is 20.5 Å². The molecule has 3 heterocycles. The molecule has 0 amide bonds. The van der Waals surface area contributed by atoms with E-state index in [0.29, 0.717) is 11.3 Å². The molecule has 0 saturated carbocycles. The van der Waals surface area contributed by atoms with E-state index in [9.17, 15) is 9.59 Å². The number of hydrogen-bond donors (Lipinski definition) is 0. The third-order valence-electron chi connectivity index (χ3n) is 3.57. The van der Waals surface area contributed by atoms with Gasteiger partial charge < -0.3 is 4.74 Å². The van der Waals surface area contributed by atoms with Gasteiger partial charge in [0.1, 0.15) is 12.3 Å². The van der Waals surface area contributed by atoms with E-state index in [2.05, 4.69) is 4.98 Å². The Labute approximate surface area is 142 Å². The molecule has 0 fully saturated rings. The van der Waals surface area contributed by atoms with Crippen LogP contribution in [0.2, 0.25) is 0 Å². The molecule has 5 nitrogen and oxygen atoms in total. The zero-order chi connectivity index (χ0) is 17.1. The van der Waals surface area contributed by atoms with Gasteiger partial charge in [0.2, 0.25) is 0 Å². The highest BCUT2D eigenvalue weighted by molar-refractivity contribution is 7.11. The molecule has 0 spiro atoms. The molecule has 6 heteroatoms. The Balaban J connectivity index is 1.72. The number of aryl methyl sites for hydroxylation is 2. The SMILES string of the molecule is Cc1ccsc1/C=C/C(=O)OCc1cc(=O)n2c(C)cccc2n1. The summed E-state index contributed by atoms with van der Waals surface area (Å²) >= 11 is 1.56. The normalized spacial score (nSPS) is 11.2. The maximum atomic E-state index is 12.2. The Kier molecular flexibility index (Phi) is 4.57. The number of esters is 1. The molecule has 122 valence electrons. The van der Waals surface area contributed by atoms with Gasteiger partial charge in [0.25, 0.3) is 5.56 Å². The molecular formula is C18H16N2O3S. The summed E-state index contributed by atoms with van der Waals surface area (Å²) in [5.41, 5.74) is 2.71. The second-order valence-corrected chi connectivity index (χ2v) is 6.30. The van der Waals surface area contributed by atoms with Gasteiger partial charge in [0, 0.05) is 22.7 Å². The van der Waals surface area contributed by atoms with Crippen molar-refractivity contribution in [1.82, 2.24) is 9.38 Å². The summed E-state index contributed by atoms with van der Waals surface area (Å²) in [7, 11) is 0. The first kappa shape index (κ1) is 16.1. The van der Waals surface area contributed by atoms with Crippen molar-refractivity contribution in [2.75, 3.05) is 0 Å². The van der Waals surface area contributed by atoms with Crippen molar-refractivity contribution in [1.29, 1.82) is 0 Å². The summed E-state index contributed by atoms with van der Waals surface area (Å²) in [5, 5.41) is 1.97. The van der Waals surface area contributed by atoms with Crippen LogP contribution >= 0.6 is 11.3 Å². The number of pyridine rings is 1. The summed E-state index contributed by atoms with van der Waals surface area (Å²) in [6.45, 7) is 3.79. The smallest absolute Gasteiger partial charge is 0.331 e. The Hall–Kier alpha value is -2.73. The number of thiophene rings is 1. The van der Waals surface area contributed by atoms with Gasteiger partial charge in [-0.1, -0.05) is 6.07 Å². The van der Waals surface area contributed by atoms with Gasteiger partial charge in [-0.25, -0.2) is 9.78 Å². The molecule has 0 bridgehead atoms. The Morgan fingerprint density at radius 3 is 2.92 bits per heavy atom. The highest BCUT2D eigenvalue weighted by atomic mass is 32.1. The second-order valence-electron chi connectivity index (χ2n) is 5.36. The fourth-order valence-corrected chi connectivity index (χ4v) is 3.15. The van der Waals surface area contributed by atoms with Gasteiger partial charge >= 0.3 is 5.97 Å². The van der Waals surface area contributed by atoms with E-state index in [4.69, 9.17) is 4.74 Å². The van der Waals surface area contributed by atoms with Crippen LogP contribution in [0.3, 0.4) is 0 Å². The first-order valence-electron chi connectivity index (χ1n) is 7.42. The number of fused-ring (bicyclic) bond motifs is 1. The van der Waals surface area contributed by atoms with Crippen molar-refractivity contribution in [3.05, 3.63) is 74.0 Å². The Morgan fingerprint density at radius 1 is 1.33 bits per heavy atom. The number of hydrogen-bond acceptors (Lipinski definition) is 5. The lowest BCUT2D eigenvalue weighted by atomic mass is 10.3. The quantitative estimate of drug-likeness (QED) is 0.541. The minimum atomic E-state index is -0.464. The summed E-state index contributed by atoms with van der Waals surface area (Å²) in [6.07, 6.45) is 3.12. The van der Waals surface area contributed by atoms with Gasteiger partial charge in [-0.05, 0) is 49.1 Å². The predicted octanol–water partition coefficient (Wildman–Crippen LogP) is 3.13. The summed E-state index contributed by atoms with van der Waals surface area (Å²) in [4.78, 5) is 29.3. The van der Waals surface area contributed by atoms with Gasteiger partial charge in [-0.2, -0.15) is 0 Å². The summed E-state index contributed by atoms with van der Waals surface area (Å²) in [6, 6.07) is 8.80. The van der Waals surface area contributed by atoms with E-state index in [1.54, 1.807) is 23.5 Å². The van der Waals surface area contributed by atoms with Crippen LogP contribution in [0.5, 0.6) is 0 Å². The molecule has 3 rings (SSSR count). The fourth-order valence-electron chi connectivity index (χ4n) is 2.33. The lowest BCUT2D eigenvalue weighted by Gasteiger charge is -2.06. The van der Waals surface area contributed by atoms with Crippen LogP contribution in [-0.4, -0.2) is 15.4 Å². The maximum absolute atomic E-state index is 12.2. The fraction of sp³-hybridized carbons (Fsp3) is 0.167. The molecule has 0 aliphatic carbocycles. The zero-order valence-corrected chi connectivity index (χ0v) is 14.2. The first-order valence-corrected chi connectivity index (χ1v) is 8.30. The third kappa shape index (κ3) is 3.44. The molecule has 0 aliphatic heterocycles. The van der Waals surface area contributed by atoms with Gasteiger partial charge in [0.05, 0.1) is 5.69 Å². The first-order chi connectivity index (χ1) is 11.5. The topological polar surface area (TPSA) is 60.7 Å². The molecule has 3 aromatic rings. The lowest BCUT2D eigenvalue weighted by molar-refractivity contribution is -0.139. The number of rotatable bonds is 4. The monoisotopic (exact) mass is 340 g/mol. The molecule has 0 saturated heterocycles. The number of aromatic nitrogens is 2. The second kappa shape index (κ2) is 6.80. The van der Waals surface area contributed by atoms with E-state index < -0.39 is 5.97 Å². The number of carbonyl (C=O) groups excluding carboxylic acids is 1. The molecular weight excluding hydrogens is 324 g/mol. The van der Waals surface area contributed by atoms with E-state index in [0.717, 1.165) is 16.1 Å². The molecule has 0 unspecified atom stereocenters. The van der Waals surface area contributed by atoms with Crippen LogP contribution in [0.4, 0.5) is 0 Å². The van der Waals surface area contributed by atoms with Crippen molar-refractivity contribution < 1.29 is 9.53 Å². The van der Waals surface area contributed by atoms with Crippen molar-refractivity contribution >= 4 is 29.0 Å². The summed E-state index contributed by atoms with van der Waals surface area (Å²) in [5.74, 6) is -0.464. The van der Waals surface area contributed by atoms with Crippen LogP contribution in [0.25, 0.3) is 11.7 Å².